The first-order chi connectivity index (χ1) is 5.21. The number of hydrogen-bond donors (Lipinski definition) is 2. The molecule has 0 saturated heterocycles. The normalized spacial score (nSPS) is 36.7. The highest BCUT2D eigenvalue weighted by atomic mass is 16.3. The van der Waals surface area contributed by atoms with E-state index in [1.807, 2.05) is 12.1 Å². The van der Waals surface area contributed by atoms with Gasteiger partial charge in [-0.1, -0.05) is 0 Å². The molecule has 1 fully saturated rings. The van der Waals surface area contributed by atoms with Crippen molar-refractivity contribution in [1.29, 1.82) is 0 Å². The minimum Gasteiger partial charge on any atom is -0.467 e. The maximum absolute atomic E-state index is 9.06. The van der Waals surface area contributed by atoms with Crippen LogP contribution in [-0.4, -0.2) is 11.2 Å². The highest BCUT2D eigenvalue weighted by Crippen LogP contribution is 2.38. The highest BCUT2D eigenvalue weighted by Gasteiger charge is 2.43. The Bertz CT molecular complexity index is 237. The van der Waals surface area contributed by atoms with Crippen LogP contribution in [0.4, 0.5) is 0 Å². The van der Waals surface area contributed by atoms with Gasteiger partial charge < -0.3 is 15.3 Å². The van der Waals surface area contributed by atoms with E-state index >= 15 is 0 Å². The average molecular weight is 153 g/mol. The molecule has 60 valence electrons. The highest BCUT2D eigenvalue weighted by molar-refractivity contribution is 5.17. The molecule has 0 atom stereocenters. The van der Waals surface area contributed by atoms with Gasteiger partial charge >= 0.3 is 0 Å². The number of hydrogen-bond acceptors (Lipinski definition) is 3. The fourth-order valence-electron chi connectivity index (χ4n) is 1.54. The maximum atomic E-state index is 9.06. The summed E-state index contributed by atoms with van der Waals surface area (Å²) in [5.41, 5.74) is 5.51. The number of aliphatic hydroxyl groups is 1. The Kier molecular flexibility index (Phi) is 1.31. The maximum Gasteiger partial charge on any atom is 0.123 e. The molecule has 11 heavy (non-hydrogen) atoms. The first-order valence-corrected chi connectivity index (χ1v) is 3.72. The number of nitrogens with two attached hydrogens (primary N) is 1. The van der Waals surface area contributed by atoms with Crippen LogP contribution in [-0.2, 0) is 5.54 Å². The molecule has 0 spiro atoms. The number of aliphatic hydroxyl groups excluding tert-OH is 1. The summed E-state index contributed by atoms with van der Waals surface area (Å²) in [5.74, 6) is 0.780. The fourth-order valence-corrected chi connectivity index (χ4v) is 1.54. The first-order valence-electron chi connectivity index (χ1n) is 3.72. The van der Waals surface area contributed by atoms with E-state index in [0.29, 0.717) is 12.8 Å². The van der Waals surface area contributed by atoms with Crippen molar-refractivity contribution in [2.75, 3.05) is 0 Å². The van der Waals surface area contributed by atoms with Gasteiger partial charge in [-0.3, -0.25) is 0 Å². The molecule has 1 saturated carbocycles. The van der Waals surface area contributed by atoms with Crippen molar-refractivity contribution < 1.29 is 9.52 Å². The van der Waals surface area contributed by atoms with Crippen molar-refractivity contribution in [3.63, 3.8) is 0 Å². The summed E-state index contributed by atoms with van der Waals surface area (Å²) in [5, 5.41) is 9.06. The largest absolute Gasteiger partial charge is 0.467 e. The molecule has 0 amide bonds. The molecule has 0 unspecified atom stereocenters. The Labute approximate surface area is 64.8 Å². The van der Waals surface area contributed by atoms with E-state index in [4.69, 9.17) is 15.3 Å². The molecule has 3 heteroatoms. The second-order valence-corrected chi connectivity index (χ2v) is 3.20. The Morgan fingerprint density at radius 1 is 1.64 bits per heavy atom. The van der Waals surface area contributed by atoms with Crippen LogP contribution >= 0.6 is 0 Å². The van der Waals surface area contributed by atoms with Crippen molar-refractivity contribution in [2.45, 2.75) is 24.5 Å². The third-order valence-corrected chi connectivity index (χ3v) is 2.21. The van der Waals surface area contributed by atoms with Crippen LogP contribution in [0.5, 0.6) is 0 Å². The Balaban J connectivity index is 2.18. The smallest absolute Gasteiger partial charge is 0.123 e. The quantitative estimate of drug-likeness (QED) is 0.620. The molecular formula is C8H11NO2. The molecular weight excluding hydrogens is 142 g/mol. The number of furan rings is 1. The van der Waals surface area contributed by atoms with E-state index in [1.165, 1.54) is 0 Å². The van der Waals surface area contributed by atoms with Crippen LogP contribution in [0, 0.1) is 0 Å². The van der Waals surface area contributed by atoms with Crippen molar-refractivity contribution in [3.8, 4) is 0 Å². The van der Waals surface area contributed by atoms with Crippen molar-refractivity contribution >= 4 is 0 Å². The van der Waals surface area contributed by atoms with Crippen LogP contribution in [0.2, 0.25) is 0 Å². The van der Waals surface area contributed by atoms with E-state index in [0.717, 1.165) is 5.76 Å². The Morgan fingerprint density at radius 2 is 2.36 bits per heavy atom. The molecule has 3 N–H and O–H groups in total. The van der Waals surface area contributed by atoms with Crippen LogP contribution in [0.25, 0.3) is 0 Å². The second-order valence-electron chi connectivity index (χ2n) is 3.20. The van der Waals surface area contributed by atoms with Gasteiger partial charge in [0.25, 0.3) is 0 Å². The molecule has 0 radical (unpaired) electrons. The van der Waals surface area contributed by atoms with Crippen molar-refractivity contribution in [2.24, 2.45) is 5.73 Å². The monoisotopic (exact) mass is 153 g/mol. The molecule has 1 aliphatic carbocycles. The van der Waals surface area contributed by atoms with Gasteiger partial charge in [0.15, 0.2) is 0 Å². The topological polar surface area (TPSA) is 59.4 Å². The molecule has 1 aliphatic rings. The SMILES string of the molecule is NC1(c2ccco2)CC(O)C1. The molecule has 0 aliphatic heterocycles. The third-order valence-electron chi connectivity index (χ3n) is 2.21. The summed E-state index contributed by atoms with van der Waals surface area (Å²) < 4.78 is 5.15. The van der Waals surface area contributed by atoms with Crippen molar-refractivity contribution in [1.82, 2.24) is 0 Å². The lowest BCUT2D eigenvalue weighted by Gasteiger charge is -2.40. The molecule has 0 aromatic carbocycles. The van der Waals surface area contributed by atoms with Gasteiger partial charge in [-0.25, -0.2) is 0 Å². The van der Waals surface area contributed by atoms with Crippen LogP contribution < -0.4 is 5.73 Å². The van der Waals surface area contributed by atoms with E-state index < -0.39 is 5.54 Å². The van der Waals surface area contributed by atoms with Gasteiger partial charge in [0.05, 0.1) is 17.9 Å². The summed E-state index contributed by atoms with van der Waals surface area (Å²) in [6.45, 7) is 0. The van der Waals surface area contributed by atoms with E-state index in [-0.39, 0.29) is 6.10 Å². The van der Waals surface area contributed by atoms with Gasteiger partial charge in [-0.05, 0) is 25.0 Å². The predicted octanol–water partition coefficient (Wildman–Crippen LogP) is 0.588. The summed E-state index contributed by atoms with van der Waals surface area (Å²) in [4.78, 5) is 0. The molecule has 1 aromatic heterocycles. The van der Waals surface area contributed by atoms with E-state index in [1.54, 1.807) is 6.26 Å². The Hall–Kier alpha value is -0.800. The molecule has 1 heterocycles. The lowest BCUT2D eigenvalue weighted by molar-refractivity contribution is 0.0101. The predicted molar refractivity (Wildman–Crippen MR) is 39.8 cm³/mol. The van der Waals surface area contributed by atoms with Gasteiger partial charge in [0, 0.05) is 0 Å². The minimum atomic E-state index is -0.400. The lowest BCUT2D eigenvalue weighted by Crippen LogP contribution is -2.51. The molecule has 0 bridgehead atoms. The van der Waals surface area contributed by atoms with Crippen LogP contribution in [0.15, 0.2) is 22.8 Å². The zero-order valence-corrected chi connectivity index (χ0v) is 6.16. The summed E-state index contributed by atoms with van der Waals surface area (Å²) in [7, 11) is 0. The molecule has 1 aromatic rings. The average Bonchev–Trinajstić information content (AvgIpc) is 2.34. The van der Waals surface area contributed by atoms with Gasteiger partial charge in [-0.15, -0.1) is 0 Å². The molecule has 2 rings (SSSR count). The van der Waals surface area contributed by atoms with Gasteiger partial charge in [-0.2, -0.15) is 0 Å². The Morgan fingerprint density at radius 3 is 2.82 bits per heavy atom. The number of rotatable bonds is 1. The third kappa shape index (κ3) is 0.968. The second kappa shape index (κ2) is 2.09. The lowest BCUT2D eigenvalue weighted by atomic mass is 9.73. The van der Waals surface area contributed by atoms with Crippen LogP contribution in [0.3, 0.4) is 0 Å². The van der Waals surface area contributed by atoms with Gasteiger partial charge in [0.2, 0.25) is 0 Å². The summed E-state index contributed by atoms with van der Waals surface area (Å²) in [6.07, 6.45) is 2.58. The first kappa shape index (κ1) is 6.88. The van der Waals surface area contributed by atoms with E-state index in [2.05, 4.69) is 0 Å². The summed E-state index contributed by atoms with van der Waals surface area (Å²) in [6, 6.07) is 3.67. The van der Waals surface area contributed by atoms with Crippen LogP contribution in [0.1, 0.15) is 18.6 Å². The van der Waals surface area contributed by atoms with Gasteiger partial charge in [0.1, 0.15) is 5.76 Å². The molecule has 3 nitrogen and oxygen atoms in total. The zero-order chi connectivity index (χ0) is 7.90. The minimum absolute atomic E-state index is 0.245. The standard InChI is InChI=1S/C8H11NO2/c9-8(4-6(10)5-8)7-2-1-3-11-7/h1-3,6,10H,4-5,9H2. The zero-order valence-electron chi connectivity index (χ0n) is 6.16. The summed E-state index contributed by atoms with van der Waals surface area (Å²) >= 11 is 0. The fraction of sp³-hybridized carbons (Fsp3) is 0.500. The van der Waals surface area contributed by atoms with Crippen molar-refractivity contribution in [3.05, 3.63) is 24.2 Å². The van der Waals surface area contributed by atoms with E-state index in [9.17, 15) is 0 Å².